The highest BCUT2D eigenvalue weighted by atomic mass is 32.1. The lowest BCUT2D eigenvalue weighted by molar-refractivity contribution is -0.132. The molecular formula is C14H23N3OS. The van der Waals surface area contributed by atoms with Crippen molar-refractivity contribution in [2.24, 2.45) is 11.3 Å². The number of nitrogens with one attached hydrogen (secondary N) is 2. The van der Waals surface area contributed by atoms with E-state index in [4.69, 9.17) is 0 Å². The van der Waals surface area contributed by atoms with Gasteiger partial charge < -0.3 is 10.6 Å². The van der Waals surface area contributed by atoms with E-state index >= 15 is 0 Å². The summed E-state index contributed by atoms with van der Waals surface area (Å²) in [7, 11) is 0. The highest BCUT2D eigenvalue weighted by Gasteiger charge is 2.43. The fourth-order valence-electron chi connectivity index (χ4n) is 2.64. The minimum Gasteiger partial charge on any atom is -0.355 e. The van der Waals surface area contributed by atoms with Crippen LogP contribution in [0.1, 0.15) is 31.0 Å². The number of amides is 1. The van der Waals surface area contributed by atoms with Crippen LogP contribution in [0.25, 0.3) is 0 Å². The number of hydrogen-bond acceptors (Lipinski definition) is 4. The highest BCUT2D eigenvalue weighted by molar-refractivity contribution is 7.09. The van der Waals surface area contributed by atoms with Gasteiger partial charge in [0.15, 0.2) is 0 Å². The van der Waals surface area contributed by atoms with Crippen molar-refractivity contribution in [3.05, 3.63) is 16.1 Å². The first-order valence-electron chi connectivity index (χ1n) is 6.94. The van der Waals surface area contributed by atoms with Crippen LogP contribution in [0, 0.1) is 18.3 Å². The molecule has 1 fully saturated rings. The third-order valence-electron chi connectivity index (χ3n) is 4.04. The smallest absolute Gasteiger partial charge is 0.227 e. The number of aryl methyl sites for hydroxylation is 1. The number of nitrogens with zero attached hydrogens (tertiary/aromatic N) is 1. The van der Waals surface area contributed by atoms with E-state index in [1.54, 1.807) is 11.3 Å². The molecule has 1 unspecified atom stereocenters. The number of aromatic nitrogens is 1. The standard InChI is InChI=1S/C14H23N3OS/c1-10(2)14(5-7-15-9-14)13(18)16-6-4-12-17-11(3)8-19-12/h8,10,15H,4-7,9H2,1-3H3,(H,16,18). The second-order valence-electron chi connectivity index (χ2n) is 5.63. The number of rotatable bonds is 5. The Labute approximate surface area is 119 Å². The summed E-state index contributed by atoms with van der Waals surface area (Å²) in [5.41, 5.74) is 0.837. The van der Waals surface area contributed by atoms with Crippen molar-refractivity contribution in [2.45, 2.75) is 33.6 Å². The Balaban J connectivity index is 1.86. The summed E-state index contributed by atoms with van der Waals surface area (Å²) in [5, 5.41) is 9.56. The molecule has 1 saturated heterocycles. The predicted octanol–water partition coefficient (Wildman–Crippen LogP) is 1.75. The van der Waals surface area contributed by atoms with E-state index in [1.165, 1.54) is 0 Å². The molecule has 0 aromatic carbocycles. The second kappa shape index (κ2) is 6.01. The lowest BCUT2D eigenvalue weighted by Gasteiger charge is -2.31. The topological polar surface area (TPSA) is 54.0 Å². The van der Waals surface area contributed by atoms with E-state index in [2.05, 4.69) is 29.5 Å². The molecule has 1 aliphatic heterocycles. The molecule has 106 valence electrons. The summed E-state index contributed by atoms with van der Waals surface area (Å²) in [6, 6.07) is 0. The second-order valence-corrected chi connectivity index (χ2v) is 6.57. The molecule has 0 aliphatic carbocycles. The average molecular weight is 281 g/mol. The van der Waals surface area contributed by atoms with Crippen LogP contribution in [-0.2, 0) is 11.2 Å². The van der Waals surface area contributed by atoms with Gasteiger partial charge in [-0.25, -0.2) is 4.98 Å². The van der Waals surface area contributed by atoms with Gasteiger partial charge in [-0.3, -0.25) is 4.79 Å². The maximum absolute atomic E-state index is 12.4. The number of thiazole rings is 1. The van der Waals surface area contributed by atoms with Gasteiger partial charge in [-0.15, -0.1) is 11.3 Å². The lowest BCUT2D eigenvalue weighted by atomic mass is 9.75. The number of carbonyl (C=O) groups excluding carboxylic acids is 1. The zero-order valence-corrected chi connectivity index (χ0v) is 12.8. The Bertz CT molecular complexity index is 436. The largest absolute Gasteiger partial charge is 0.355 e. The summed E-state index contributed by atoms with van der Waals surface area (Å²) in [4.78, 5) is 16.8. The molecule has 5 heteroatoms. The third-order valence-corrected chi connectivity index (χ3v) is 5.06. The van der Waals surface area contributed by atoms with Gasteiger partial charge in [0, 0.05) is 30.6 Å². The van der Waals surface area contributed by atoms with E-state index in [0.29, 0.717) is 12.5 Å². The van der Waals surface area contributed by atoms with Gasteiger partial charge in [-0.1, -0.05) is 13.8 Å². The summed E-state index contributed by atoms with van der Waals surface area (Å²) >= 11 is 1.66. The average Bonchev–Trinajstić information content (AvgIpc) is 2.98. The molecule has 1 amide bonds. The normalized spacial score (nSPS) is 22.9. The van der Waals surface area contributed by atoms with Gasteiger partial charge in [0.1, 0.15) is 0 Å². The maximum Gasteiger partial charge on any atom is 0.227 e. The van der Waals surface area contributed by atoms with Crippen LogP contribution in [-0.4, -0.2) is 30.5 Å². The fourth-order valence-corrected chi connectivity index (χ4v) is 3.41. The van der Waals surface area contributed by atoms with E-state index in [-0.39, 0.29) is 11.3 Å². The Morgan fingerprint density at radius 2 is 2.42 bits per heavy atom. The minimum atomic E-state index is -0.223. The highest BCUT2D eigenvalue weighted by Crippen LogP contribution is 2.34. The molecule has 0 radical (unpaired) electrons. The Kier molecular flexibility index (Phi) is 4.58. The van der Waals surface area contributed by atoms with Gasteiger partial charge in [0.25, 0.3) is 0 Å². The van der Waals surface area contributed by atoms with Crippen LogP contribution in [0.4, 0.5) is 0 Å². The molecule has 19 heavy (non-hydrogen) atoms. The van der Waals surface area contributed by atoms with Gasteiger partial charge in [0.05, 0.1) is 10.4 Å². The monoisotopic (exact) mass is 281 g/mol. The Morgan fingerprint density at radius 3 is 2.95 bits per heavy atom. The molecule has 1 aromatic rings. The lowest BCUT2D eigenvalue weighted by Crippen LogP contribution is -2.46. The Morgan fingerprint density at radius 1 is 1.63 bits per heavy atom. The first-order valence-corrected chi connectivity index (χ1v) is 7.82. The van der Waals surface area contributed by atoms with Gasteiger partial charge in [-0.05, 0) is 25.8 Å². The van der Waals surface area contributed by atoms with E-state index < -0.39 is 0 Å². The maximum atomic E-state index is 12.4. The molecule has 0 spiro atoms. The van der Waals surface area contributed by atoms with Gasteiger partial charge in [0.2, 0.25) is 5.91 Å². The number of hydrogen-bond donors (Lipinski definition) is 2. The summed E-state index contributed by atoms with van der Waals surface area (Å²) in [6.45, 7) is 8.69. The van der Waals surface area contributed by atoms with Gasteiger partial charge >= 0.3 is 0 Å². The van der Waals surface area contributed by atoms with Crippen LogP contribution in [0.5, 0.6) is 0 Å². The minimum absolute atomic E-state index is 0.195. The molecule has 4 nitrogen and oxygen atoms in total. The van der Waals surface area contributed by atoms with Gasteiger partial charge in [-0.2, -0.15) is 0 Å². The summed E-state index contributed by atoms with van der Waals surface area (Å²) < 4.78 is 0. The van der Waals surface area contributed by atoms with Crippen molar-refractivity contribution >= 4 is 17.2 Å². The van der Waals surface area contributed by atoms with E-state index in [0.717, 1.165) is 36.6 Å². The van der Waals surface area contributed by atoms with Crippen LogP contribution in [0.2, 0.25) is 0 Å². The first-order chi connectivity index (χ1) is 9.04. The fraction of sp³-hybridized carbons (Fsp3) is 0.714. The zero-order chi connectivity index (χ0) is 13.9. The molecule has 0 saturated carbocycles. The van der Waals surface area contributed by atoms with E-state index in [9.17, 15) is 4.79 Å². The molecule has 1 atom stereocenters. The van der Waals surface area contributed by atoms with E-state index in [1.807, 2.05) is 12.3 Å². The van der Waals surface area contributed by atoms with Crippen LogP contribution >= 0.6 is 11.3 Å². The van der Waals surface area contributed by atoms with Crippen molar-refractivity contribution in [2.75, 3.05) is 19.6 Å². The van der Waals surface area contributed by atoms with Crippen molar-refractivity contribution < 1.29 is 4.79 Å². The molecule has 2 heterocycles. The molecular weight excluding hydrogens is 258 g/mol. The molecule has 1 aromatic heterocycles. The molecule has 0 bridgehead atoms. The predicted molar refractivity (Wildman–Crippen MR) is 78.3 cm³/mol. The molecule has 2 N–H and O–H groups in total. The quantitative estimate of drug-likeness (QED) is 0.864. The first kappa shape index (κ1) is 14.5. The summed E-state index contributed by atoms with van der Waals surface area (Å²) in [6.07, 6.45) is 1.76. The Hall–Kier alpha value is -0.940. The van der Waals surface area contributed by atoms with Crippen molar-refractivity contribution in [1.29, 1.82) is 0 Å². The molecule has 1 aliphatic rings. The van der Waals surface area contributed by atoms with Crippen LogP contribution < -0.4 is 10.6 Å². The zero-order valence-electron chi connectivity index (χ0n) is 12.0. The van der Waals surface area contributed by atoms with Crippen molar-refractivity contribution in [1.82, 2.24) is 15.6 Å². The van der Waals surface area contributed by atoms with Crippen LogP contribution in [0.3, 0.4) is 0 Å². The summed E-state index contributed by atoms with van der Waals surface area (Å²) in [5.74, 6) is 0.561. The third kappa shape index (κ3) is 3.15. The van der Waals surface area contributed by atoms with Crippen LogP contribution in [0.15, 0.2) is 5.38 Å². The van der Waals surface area contributed by atoms with Crippen molar-refractivity contribution in [3.8, 4) is 0 Å². The number of carbonyl (C=O) groups is 1. The SMILES string of the molecule is Cc1csc(CCNC(=O)C2(C(C)C)CCNC2)n1. The van der Waals surface area contributed by atoms with Crippen molar-refractivity contribution in [3.63, 3.8) is 0 Å². The molecule has 2 rings (SSSR count).